The summed E-state index contributed by atoms with van der Waals surface area (Å²) in [6.45, 7) is 2.12. The Morgan fingerprint density at radius 1 is 1.06 bits per heavy atom. The van der Waals surface area contributed by atoms with E-state index in [0.29, 0.717) is 18.0 Å². The molecule has 1 heterocycles. The first-order valence-corrected chi connectivity index (χ1v) is 8.12. The second-order valence-electron chi connectivity index (χ2n) is 5.74. The van der Waals surface area contributed by atoms with Crippen LogP contribution in [0.4, 0.5) is 0 Å². The van der Waals surface area contributed by atoms with Crippen molar-refractivity contribution in [3.05, 3.63) is 0 Å². The molecule has 1 aliphatic heterocycles. The van der Waals surface area contributed by atoms with E-state index >= 15 is 0 Å². The van der Waals surface area contributed by atoms with Crippen LogP contribution in [0.25, 0.3) is 0 Å². The zero-order valence-corrected chi connectivity index (χ0v) is 13.3. The normalized spacial score (nSPS) is 31.2. The second-order valence-corrected chi connectivity index (χ2v) is 6.37. The summed E-state index contributed by atoms with van der Waals surface area (Å²) >= 11 is 2.23. The molecule has 1 saturated carbocycles. The number of nitrogens with zero attached hydrogens (tertiary/aromatic N) is 1. The van der Waals surface area contributed by atoms with Gasteiger partial charge in [0.15, 0.2) is 0 Å². The van der Waals surface area contributed by atoms with Crippen LogP contribution in [-0.4, -0.2) is 43.0 Å². The first-order chi connectivity index (χ1) is 8.69. The standard InChI is InChI=1S/C13H24IN3O/c1-17-8-6-10(7-9-17)13(18)15-11-2-4-12(16-14)5-3-11/h10-12,16H,2-9H2,1H3,(H,15,18)/t11-,12-. The summed E-state index contributed by atoms with van der Waals surface area (Å²) in [6.07, 6.45) is 6.65. The molecule has 1 aliphatic carbocycles. The van der Waals surface area contributed by atoms with Crippen molar-refractivity contribution in [2.24, 2.45) is 5.92 Å². The molecule has 0 aromatic rings. The first-order valence-electron chi connectivity index (χ1n) is 7.04. The zero-order valence-electron chi connectivity index (χ0n) is 11.1. The van der Waals surface area contributed by atoms with Gasteiger partial charge in [-0.15, -0.1) is 0 Å². The van der Waals surface area contributed by atoms with Crippen LogP contribution in [0.15, 0.2) is 0 Å². The van der Waals surface area contributed by atoms with Crippen molar-refractivity contribution in [2.45, 2.75) is 50.6 Å². The highest BCUT2D eigenvalue weighted by Crippen LogP contribution is 2.21. The number of hydrogen-bond donors (Lipinski definition) is 2. The maximum absolute atomic E-state index is 12.2. The molecule has 2 aliphatic rings. The molecule has 0 aromatic heterocycles. The van der Waals surface area contributed by atoms with E-state index in [-0.39, 0.29) is 5.92 Å². The van der Waals surface area contributed by atoms with Crippen molar-refractivity contribution < 1.29 is 4.79 Å². The van der Waals surface area contributed by atoms with Crippen LogP contribution in [0.1, 0.15) is 38.5 Å². The molecule has 4 nitrogen and oxygen atoms in total. The number of carbonyl (C=O) groups excluding carboxylic acids is 1. The molecule has 1 amide bonds. The van der Waals surface area contributed by atoms with Gasteiger partial charge in [0.25, 0.3) is 0 Å². The average Bonchev–Trinajstić information content (AvgIpc) is 2.40. The third-order valence-electron chi connectivity index (χ3n) is 4.32. The summed E-state index contributed by atoms with van der Waals surface area (Å²) in [5, 5.41) is 3.26. The van der Waals surface area contributed by atoms with E-state index in [1.54, 1.807) is 0 Å². The fraction of sp³-hybridized carbons (Fsp3) is 0.923. The smallest absolute Gasteiger partial charge is 0.223 e. The van der Waals surface area contributed by atoms with E-state index in [0.717, 1.165) is 38.8 Å². The van der Waals surface area contributed by atoms with Gasteiger partial charge in [-0.3, -0.25) is 8.32 Å². The lowest BCUT2D eigenvalue weighted by Crippen LogP contribution is -2.45. The summed E-state index contributed by atoms with van der Waals surface area (Å²) in [4.78, 5) is 14.5. The van der Waals surface area contributed by atoms with Gasteiger partial charge in [0.05, 0.1) is 0 Å². The Morgan fingerprint density at radius 3 is 2.17 bits per heavy atom. The van der Waals surface area contributed by atoms with Crippen molar-refractivity contribution in [2.75, 3.05) is 20.1 Å². The molecule has 0 aromatic carbocycles. The van der Waals surface area contributed by atoms with E-state index in [4.69, 9.17) is 0 Å². The van der Waals surface area contributed by atoms with Crippen LogP contribution < -0.4 is 8.85 Å². The van der Waals surface area contributed by atoms with E-state index in [1.165, 1.54) is 12.8 Å². The number of rotatable bonds is 3. The van der Waals surface area contributed by atoms with E-state index in [2.05, 4.69) is 43.7 Å². The molecule has 0 unspecified atom stereocenters. The predicted molar refractivity (Wildman–Crippen MR) is 81.6 cm³/mol. The Labute approximate surface area is 124 Å². The fourth-order valence-electron chi connectivity index (χ4n) is 2.94. The van der Waals surface area contributed by atoms with Crippen LogP contribution in [0.2, 0.25) is 0 Å². The number of hydrogen-bond acceptors (Lipinski definition) is 3. The molecule has 18 heavy (non-hydrogen) atoms. The van der Waals surface area contributed by atoms with Gasteiger partial charge in [-0.25, -0.2) is 0 Å². The SMILES string of the molecule is CN1CCC(C(=O)N[C@H]2CC[C@H](NI)CC2)CC1. The minimum Gasteiger partial charge on any atom is -0.353 e. The van der Waals surface area contributed by atoms with Crippen molar-refractivity contribution in [3.63, 3.8) is 0 Å². The molecule has 2 fully saturated rings. The summed E-state index contributed by atoms with van der Waals surface area (Å²) in [7, 11) is 2.13. The summed E-state index contributed by atoms with van der Waals surface area (Å²) < 4.78 is 3.30. The zero-order chi connectivity index (χ0) is 13.0. The van der Waals surface area contributed by atoms with Crippen molar-refractivity contribution in [1.82, 2.24) is 13.7 Å². The topological polar surface area (TPSA) is 44.4 Å². The Bertz CT molecular complexity index is 271. The van der Waals surface area contributed by atoms with Crippen LogP contribution in [0.5, 0.6) is 0 Å². The van der Waals surface area contributed by atoms with Crippen LogP contribution in [0.3, 0.4) is 0 Å². The minimum absolute atomic E-state index is 0.252. The largest absolute Gasteiger partial charge is 0.353 e. The first kappa shape index (κ1) is 14.5. The van der Waals surface area contributed by atoms with Gasteiger partial charge in [0, 0.05) is 40.9 Å². The lowest BCUT2D eigenvalue weighted by molar-refractivity contribution is -0.127. The number of carbonyl (C=O) groups is 1. The van der Waals surface area contributed by atoms with Crippen molar-refractivity contribution in [3.8, 4) is 0 Å². The van der Waals surface area contributed by atoms with Crippen LogP contribution in [-0.2, 0) is 4.79 Å². The van der Waals surface area contributed by atoms with Crippen molar-refractivity contribution in [1.29, 1.82) is 0 Å². The molecule has 104 valence electrons. The van der Waals surface area contributed by atoms with Crippen LogP contribution in [0, 0.1) is 5.92 Å². The lowest BCUT2D eigenvalue weighted by atomic mass is 9.90. The third kappa shape index (κ3) is 4.06. The number of piperidine rings is 1. The summed E-state index contributed by atoms with van der Waals surface area (Å²) in [5.41, 5.74) is 0. The molecule has 5 heteroatoms. The highest BCUT2D eigenvalue weighted by atomic mass is 127. The number of nitrogens with one attached hydrogen (secondary N) is 2. The van der Waals surface area contributed by atoms with Gasteiger partial charge in [-0.2, -0.15) is 0 Å². The molecule has 0 spiro atoms. The van der Waals surface area contributed by atoms with E-state index in [9.17, 15) is 4.79 Å². The predicted octanol–water partition coefficient (Wildman–Crippen LogP) is 1.70. The molecule has 0 bridgehead atoms. The Balaban J connectivity index is 1.71. The Morgan fingerprint density at radius 2 is 1.61 bits per heavy atom. The fourth-order valence-corrected chi connectivity index (χ4v) is 3.56. The van der Waals surface area contributed by atoms with Gasteiger partial charge in [0.1, 0.15) is 0 Å². The van der Waals surface area contributed by atoms with Gasteiger partial charge in [-0.05, 0) is 58.7 Å². The highest BCUT2D eigenvalue weighted by Gasteiger charge is 2.27. The number of likely N-dealkylation sites (tertiary alicyclic amines) is 1. The average molecular weight is 365 g/mol. The monoisotopic (exact) mass is 365 g/mol. The lowest BCUT2D eigenvalue weighted by Gasteiger charge is -2.32. The van der Waals surface area contributed by atoms with E-state index in [1.807, 2.05) is 0 Å². The van der Waals surface area contributed by atoms with Gasteiger partial charge >= 0.3 is 0 Å². The molecule has 2 rings (SSSR count). The van der Waals surface area contributed by atoms with Crippen LogP contribution >= 0.6 is 22.9 Å². The van der Waals surface area contributed by atoms with E-state index < -0.39 is 0 Å². The maximum atomic E-state index is 12.2. The number of halogens is 1. The Hall–Kier alpha value is 0.120. The molecular weight excluding hydrogens is 341 g/mol. The van der Waals surface area contributed by atoms with Gasteiger partial charge in [0.2, 0.25) is 5.91 Å². The minimum atomic E-state index is 0.252. The molecule has 0 atom stereocenters. The Kier molecular flexibility index (Phi) is 5.69. The van der Waals surface area contributed by atoms with Gasteiger partial charge < -0.3 is 10.2 Å². The highest BCUT2D eigenvalue weighted by molar-refractivity contribution is 14.1. The quantitative estimate of drug-likeness (QED) is 0.591. The molecule has 1 saturated heterocycles. The maximum Gasteiger partial charge on any atom is 0.223 e. The molecule has 0 radical (unpaired) electrons. The third-order valence-corrected chi connectivity index (χ3v) is 5.20. The van der Waals surface area contributed by atoms with Gasteiger partial charge in [-0.1, -0.05) is 0 Å². The summed E-state index contributed by atoms with van der Waals surface area (Å²) in [5.74, 6) is 0.551. The van der Waals surface area contributed by atoms with Crippen molar-refractivity contribution >= 4 is 28.8 Å². The second kappa shape index (κ2) is 7.05. The molecule has 2 N–H and O–H groups in total. The summed E-state index contributed by atoms with van der Waals surface area (Å²) in [6, 6.07) is 1.06. The molecular formula is C13H24IN3O. The number of amides is 1.